The van der Waals surface area contributed by atoms with E-state index in [-0.39, 0.29) is 5.91 Å². The van der Waals surface area contributed by atoms with Gasteiger partial charge in [0.15, 0.2) is 0 Å². The maximum absolute atomic E-state index is 12.3. The van der Waals surface area contributed by atoms with Crippen LogP contribution in [0.15, 0.2) is 18.2 Å². The van der Waals surface area contributed by atoms with Crippen LogP contribution in [0.2, 0.25) is 0 Å². The van der Waals surface area contributed by atoms with Gasteiger partial charge in [-0.15, -0.1) is 0 Å². The molecule has 1 heterocycles. The molecule has 19 heavy (non-hydrogen) atoms. The van der Waals surface area contributed by atoms with Crippen LogP contribution in [0.4, 0.5) is 11.4 Å². The molecule has 1 aromatic rings. The van der Waals surface area contributed by atoms with E-state index in [1.165, 1.54) is 0 Å². The van der Waals surface area contributed by atoms with Crippen molar-refractivity contribution in [3.8, 4) is 0 Å². The zero-order valence-corrected chi connectivity index (χ0v) is 12.3. The van der Waals surface area contributed by atoms with Crippen molar-refractivity contribution in [2.75, 3.05) is 22.4 Å². The number of carbonyl (C=O) groups excluding carboxylic acids is 1. The minimum Gasteiger partial charge on any atom is -0.312 e. The summed E-state index contributed by atoms with van der Waals surface area (Å²) in [6.45, 7) is 6.24. The van der Waals surface area contributed by atoms with Gasteiger partial charge in [-0.25, -0.2) is 8.42 Å². The van der Waals surface area contributed by atoms with Crippen molar-refractivity contribution in [1.82, 2.24) is 0 Å². The van der Waals surface area contributed by atoms with Crippen molar-refractivity contribution in [2.24, 2.45) is 0 Å². The molecule has 0 unspecified atom stereocenters. The summed E-state index contributed by atoms with van der Waals surface area (Å²) < 4.78 is 25.0. The molecule has 0 atom stereocenters. The number of hydrogen-bond donors (Lipinski definition) is 1. The normalized spacial score (nSPS) is 17.5. The Bertz CT molecular complexity index is 635. The Labute approximate surface area is 113 Å². The third-order valence-corrected chi connectivity index (χ3v) is 3.97. The summed E-state index contributed by atoms with van der Waals surface area (Å²) in [6.07, 6.45) is 1.11. The van der Waals surface area contributed by atoms with Gasteiger partial charge in [-0.2, -0.15) is 0 Å². The third-order valence-electron chi connectivity index (χ3n) is 3.36. The third kappa shape index (κ3) is 2.32. The number of anilines is 2. The summed E-state index contributed by atoms with van der Waals surface area (Å²) in [6, 6.07) is 5.21. The van der Waals surface area contributed by atoms with E-state index in [9.17, 15) is 13.2 Å². The maximum atomic E-state index is 12.3. The number of carbonyl (C=O) groups is 1. The molecule has 0 aromatic heterocycles. The van der Waals surface area contributed by atoms with E-state index in [2.05, 4.69) is 4.72 Å². The van der Waals surface area contributed by atoms with Crippen LogP contribution in [0.3, 0.4) is 0 Å². The number of benzene rings is 1. The minimum absolute atomic E-state index is 0.0431. The first-order valence-corrected chi connectivity index (χ1v) is 8.00. The number of nitrogens with one attached hydrogen (secondary N) is 1. The molecule has 1 N–H and O–H groups in total. The van der Waals surface area contributed by atoms with Crippen LogP contribution in [0.5, 0.6) is 0 Å². The Hall–Kier alpha value is -1.56. The fraction of sp³-hybridized carbons (Fsp3) is 0.462. The van der Waals surface area contributed by atoms with Gasteiger partial charge in [-0.3, -0.25) is 9.52 Å². The number of likely N-dealkylation sites (N-methyl/N-ethyl adjacent to an activating group) is 1. The van der Waals surface area contributed by atoms with E-state index in [4.69, 9.17) is 0 Å². The van der Waals surface area contributed by atoms with E-state index in [1.54, 1.807) is 23.1 Å². The summed E-state index contributed by atoms with van der Waals surface area (Å²) in [4.78, 5) is 14.0. The standard InChI is InChI=1S/C13H18N2O3S/c1-5-15-11-7-6-9(14-19(4,17)18)8-10(11)13(2,3)12(15)16/h6-8,14H,5H2,1-4H3. The van der Waals surface area contributed by atoms with Gasteiger partial charge in [0.05, 0.1) is 11.7 Å². The zero-order chi connectivity index (χ0) is 14.4. The van der Waals surface area contributed by atoms with Gasteiger partial charge in [0.25, 0.3) is 0 Å². The van der Waals surface area contributed by atoms with Gasteiger partial charge in [-0.05, 0) is 44.5 Å². The zero-order valence-electron chi connectivity index (χ0n) is 11.5. The van der Waals surface area contributed by atoms with E-state index >= 15 is 0 Å². The first-order chi connectivity index (χ1) is 8.66. The largest absolute Gasteiger partial charge is 0.312 e. The number of rotatable bonds is 3. The van der Waals surface area contributed by atoms with E-state index < -0.39 is 15.4 Å². The molecule has 1 aromatic carbocycles. The molecule has 1 amide bonds. The Morgan fingerprint density at radius 3 is 2.47 bits per heavy atom. The lowest BCUT2D eigenvalue weighted by atomic mass is 9.86. The molecule has 104 valence electrons. The van der Waals surface area contributed by atoms with E-state index in [1.807, 2.05) is 20.8 Å². The first-order valence-electron chi connectivity index (χ1n) is 6.11. The molecule has 2 rings (SSSR count). The number of sulfonamides is 1. The molecular weight excluding hydrogens is 264 g/mol. The Morgan fingerprint density at radius 2 is 1.95 bits per heavy atom. The predicted octanol–water partition coefficient (Wildman–Crippen LogP) is 1.70. The molecular formula is C13H18N2O3S. The summed E-state index contributed by atoms with van der Waals surface area (Å²) in [5.41, 5.74) is 1.57. The SMILES string of the molecule is CCN1C(=O)C(C)(C)c2cc(NS(C)(=O)=O)ccc21. The molecule has 0 saturated carbocycles. The monoisotopic (exact) mass is 282 g/mol. The first kappa shape index (κ1) is 13.9. The Morgan fingerprint density at radius 1 is 1.32 bits per heavy atom. The van der Waals surface area contributed by atoms with Gasteiger partial charge in [0.1, 0.15) is 0 Å². The second-order valence-electron chi connectivity index (χ2n) is 5.28. The molecule has 0 radical (unpaired) electrons. The van der Waals surface area contributed by atoms with Crippen LogP contribution in [0, 0.1) is 0 Å². The maximum Gasteiger partial charge on any atom is 0.237 e. The van der Waals surface area contributed by atoms with Gasteiger partial charge < -0.3 is 4.90 Å². The van der Waals surface area contributed by atoms with Crippen LogP contribution in [0.1, 0.15) is 26.3 Å². The van der Waals surface area contributed by atoms with Gasteiger partial charge >= 0.3 is 0 Å². The van der Waals surface area contributed by atoms with Gasteiger partial charge in [0.2, 0.25) is 15.9 Å². The molecule has 6 heteroatoms. The minimum atomic E-state index is -3.31. The molecule has 1 aliphatic heterocycles. The molecule has 1 aliphatic rings. The number of amides is 1. The Kier molecular flexibility index (Phi) is 3.09. The Balaban J connectivity index is 2.52. The molecule has 0 spiro atoms. The summed E-state index contributed by atoms with van der Waals surface area (Å²) in [5.74, 6) is 0.0431. The van der Waals surface area contributed by atoms with Crippen molar-refractivity contribution in [1.29, 1.82) is 0 Å². The molecule has 5 nitrogen and oxygen atoms in total. The van der Waals surface area contributed by atoms with E-state index in [0.717, 1.165) is 17.5 Å². The quantitative estimate of drug-likeness (QED) is 0.917. The lowest BCUT2D eigenvalue weighted by molar-refractivity contribution is -0.122. The smallest absolute Gasteiger partial charge is 0.237 e. The van der Waals surface area contributed by atoms with Crippen LogP contribution in [-0.4, -0.2) is 27.1 Å². The number of hydrogen-bond acceptors (Lipinski definition) is 3. The van der Waals surface area contributed by atoms with E-state index in [0.29, 0.717) is 12.2 Å². The van der Waals surface area contributed by atoms with Crippen molar-refractivity contribution in [2.45, 2.75) is 26.2 Å². The lowest BCUT2D eigenvalue weighted by Gasteiger charge is -2.18. The second kappa shape index (κ2) is 4.23. The number of nitrogens with zero attached hydrogens (tertiary/aromatic N) is 1. The number of fused-ring (bicyclic) bond motifs is 1. The van der Waals surface area contributed by atoms with Crippen LogP contribution in [-0.2, 0) is 20.2 Å². The summed E-state index contributed by atoms with van der Waals surface area (Å²) in [7, 11) is -3.31. The lowest BCUT2D eigenvalue weighted by Crippen LogP contribution is -2.35. The predicted molar refractivity (Wildman–Crippen MR) is 76.0 cm³/mol. The average Bonchev–Trinajstić information content (AvgIpc) is 2.46. The van der Waals surface area contributed by atoms with Crippen molar-refractivity contribution >= 4 is 27.3 Å². The highest BCUT2D eigenvalue weighted by Crippen LogP contribution is 2.42. The van der Waals surface area contributed by atoms with Gasteiger partial charge in [-0.1, -0.05) is 0 Å². The van der Waals surface area contributed by atoms with Crippen LogP contribution in [0.25, 0.3) is 0 Å². The van der Waals surface area contributed by atoms with Crippen molar-refractivity contribution in [3.63, 3.8) is 0 Å². The summed E-state index contributed by atoms with van der Waals surface area (Å²) in [5, 5.41) is 0. The highest BCUT2D eigenvalue weighted by Gasteiger charge is 2.43. The van der Waals surface area contributed by atoms with Gasteiger partial charge in [0, 0.05) is 17.9 Å². The van der Waals surface area contributed by atoms with Crippen LogP contribution < -0.4 is 9.62 Å². The molecule has 0 bridgehead atoms. The molecule has 0 fully saturated rings. The fourth-order valence-corrected chi connectivity index (χ4v) is 2.98. The second-order valence-corrected chi connectivity index (χ2v) is 7.03. The van der Waals surface area contributed by atoms with Crippen molar-refractivity contribution in [3.05, 3.63) is 23.8 Å². The van der Waals surface area contributed by atoms with Crippen molar-refractivity contribution < 1.29 is 13.2 Å². The van der Waals surface area contributed by atoms with Crippen LogP contribution >= 0.6 is 0 Å². The highest BCUT2D eigenvalue weighted by atomic mass is 32.2. The summed E-state index contributed by atoms with van der Waals surface area (Å²) >= 11 is 0. The molecule has 0 saturated heterocycles. The fourth-order valence-electron chi connectivity index (χ4n) is 2.43. The highest BCUT2D eigenvalue weighted by molar-refractivity contribution is 7.92. The molecule has 0 aliphatic carbocycles. The topological polar surface area (TPSA) is 66.5 Å². The average molecular weight is 282 g/mol.